The van der Waals surface area contributed by atoms with Crippen molar-refractivity contribution >= 4 is 22.7 Å². The molecule has 5 nitrogen and oxygen atoms in total. The Balaban J connectivity index is 1.31. The highest BCUT2D eigenvalue weighted by Gasteiger charge is 2.21. The molecule has 2 amide bonds. The van der Waals surface area contributed by atoms with Crippen LogP contribution in [0.25, 0.3) is 10.9 Å². The van der Waals surface area contributed by atoms with E-state index in [1.807, 2.05) is 47.4 Å². The van der Waals surface area contributed by atoms with Crippen LogP contribution in [0.5, 0.6) is 0 Å². The zero-order valence-electron chi connectivity index (χ0n) is 17.9. The van der Waals surface area contributed by atoms with Crippen molar-refractivity contribution in [3.8, 4) is 0 Å². The molecule has 31 heavy (non-hydrogen) atoms. The lowest BCUT2D eigenvalue weighted by Crippen LogP contribution is -2.26. The molecule has 1 saturated heterocycles. The van der Waals surface area contributed by atoms with Crippen molar-refractivity contribution < 1.29 is 9.59 Å². The number of hydrogen-bond acceptors (Lipinski definition) is 2. The van der Waals surface area contributed by atoms with E-state index in [4.69, 9.17) is 0 Å². The first-order valence-electron chi connectivity index (χ1n) is 11.5. The van der Waals surface area contributed by atoms with Crippen LogP contribution in [0.1, 0.15) is 64.8 Å². The fourth-order valence-electron chi connectivity index (χ4n) is 4.96. The number of nitrogens with one attached hydrogen (secondary N) is 2. The van der Waals surface area contributed by atoms with Crippen molar-refractivity contribution in [2.24, 2.45) is 0 Å². The molecule has 1 aliphatic carbocycles. The summed E-state index contributed by atoms with van der Waals surface area (Å²) < 4.78 is 0. The van der Waals surface area contributed by atoms with E-state index in [0.717, 1.165) is 42.5 Å². The third-order valence-corrected chi connectivity index (χ3v) is 6.70. The summed E-state index contributed by atoms with van der Waals surface area (Å²) in [6, 6.07) is 14.0. The lowest BCUT2D eigenvalue weighted by Gasteiger charge is -2.18. The topological polar surface area (TPSA) is 65.2 Å². The van der Waals surface area contributed by atoms with Gasteiger partial charge in [0.2, 0.25) is 5.91 Å². The number of carbonyl (C=O) groups is 2. The summed E-state index contributed by atoms with van der Waals surface area (Å²) in [5.74, 6) is 0.162. The molecule has 0 radical (unpaired) electrons. The first-order valence-corrected chi connectivity index (χ1v) is 11.5. The van der Waals surface area contributed by atoms with Gasteiger partial charge in [-0.3, -0.25) is 9.59 Å². The molecule has 2 heterocycles. The molecule has 0 bridgehead atoms. The van der Waals surface area contributed by atoms with E-state index in [9.17, 15) is 9.59 Å². The van der Waals surface area contributed by atoms with E-state index in [0.29, 0.717) is 25.1 Å². The van der Waals surface area contributed by atoms with Gasteiger partial charge in [-0.15, -0.1) is 0 Å². The van der Waals surface area contributed by atoms with Crippen LogP contribution < -0.4 is 5.32 Å². The summed E-state index contributed by atoms with van der Waals surface area (Å²) in [4.78, 5) is 30.4. The van der Waals surface area contributed by atoms with Gasteiger partial charge in [0.25, 0.3) is 5.91 Å². The van der Waals surface area contributed by atoms with E-state index >= 15 is 0 Å². The van der Waals surface area contributed by atoms with Gasteiger partial charge in [0.05, 0.1) is 0 Å². The lowest BCUT2D eigenvalue weighted by atomic mass is 10.0. The van der Waals surface area contributed by atoms with Crippen molar-refractivity contribution in [3.63, 3.8) is 0 Å². The Morgan fingerprint density at radius 3 is 2.65 bits per heavy atom. The van der Waals surface area contributed by atoms with Gasteiger partial charge in [-0.05, 0) is 67.0 Å². The molecule has 0 unspecified atom stereocenters. The number of fused-ring (bicyclic) bond motifs is 3. The number of rotatable bonds is 5. The maximum absolute atomic E-state index is 12.9. The number of benzene rings is 2. The van der Waals surface area contributed by atoms with Gasteiger partial charge in [0.15, 0.2) is 0 Å². The summed E-state index contributed by atoms with van der Waals surface area (Å²) in [5, 5.41) is 4.28. The Hall–Kier alpha value is -3.08. The molecule has 2 N–H and O–H groups in total. The van der Waals surface area contributed by atoms with Crippen molar-refractivity contribution in [1.29, 1.82) is 0 Å². The standard InChI is InChI=1S/C26H29N3O2/c30-25-11-6-14-29(25)17-20-8-5-4-7-19(20)16-27-26(31)18-12-13-24-22(15-18)21-9-2-1-3-10-23(21)28-24/h4-5,7-8,12-13,15,28H,1-3,6,9-11,14,16-17H2,(H,27,31). The van der Waals surface area contributed by atoms with Crippen molar-refractivity contribution in [2.75, 3.05) is 6.54 Å². The minimum absolute atomic E-state index is 0.0578. The second kappa shape index (κ2) is 8.58. The monoisotopic (exact) mass is 415 g/mol. The number of carbonyl (C=O) groups excluding carboxylic acids is 2. The molecule has 0 spiro atoms. The molecule has 2 aromatic carbocycles. The van der Waals surface area contributed by atoms with E-state index in [1.165, 1.54) is 35.9 Å². The number of aromatic nitrogens is 1. The molecule has 1 aliphatic heterocycles. The minimum atomic E-state index is -0.0578. The predicted molar refractivity (Wildman–Crippen MR) is 122 cm³/mol. The smallest absolute Gasteiger partial charge is 0.251 e. The number of nitrogens with zero attached hydrogens (tertiary/aromatic N) is 1. The molecular weight excluding hydrogens is 386 g/mol. The maximum atomic E-state index is 12.9. The Morgan fingerprint density at radius 1 is 0.968 bits per heavy atom. The van der Waals surface area contributed by atoms with E-state index in [-0.39, 0.29) is 11.8 Å². The second-order valence-corrected chi connectivity index (χ2v) is 8.77. The molecule has 5 rings (SSSR count). The number of H-pyrrole nitrogens is 1. The summed E-state index contributed by atoms with van der Waals surface area (Å²) in [6.07, 6.45) is 7.48. The molecule has 0 atom stereocenters. The van der Waals surface area contributed by atoms with Gasteiger partial charge in [-0.1, -0.05) is 30.7 Å². The zero-order chi connectivity index (χ0) is 21.2. The number of amides is 2. The molecule has 3 aromatic rings. The van der Waals surface area contributed by atoms with Crippen LogP contribution in [0, 0.1) is 0 Å². The Labute approximate surface area is 182 Å². The highest BCUT2D eigenvalue weighted by molar-refractivity contribution is 5.99. The number of hydrogen-bond donors (Lipinski definition) is 2. The van der Waals surface area contributed by atoms with E-state index in [1.54, 1.807) is 0 Å². The number of aromatic amines is 1. The highest BCUT2D eigenvalue weighted by atomic mass is 16.2. The van der Waals surface area contributed by atoms with Gasteiger partial charge in [0.1, 0.15) is 0 Å². The summed E-state index contributed by atoms with van der Waals surface area (Å²) in [5.41, 5.74) is 6.73. The van der Waals surface area contributed by atoms with Crippen LogP contribution in [0.2, 0.25) is 0 Å². The first-order chi connectivity index (χ1) is 15.2. The SMILES string of the molecule is O=C(NCc1ccccc1CN1CCCC1=O)c1ccc2[nH]c3c(c2c1)CCCCC3. The molecule has 5 heteroatoms. The van der Waals surface area contributed by atoms with Gasteiger partial charge in [-0.2, -0.15) is 0 Å². The van der Waals surface area contributed by atoms with Crippen molar-refractivity contribution in [3.05, 3.63) is 70.4 Å². The summed E-state index contributed by atoms with van der Waals surface area (Å²) in [6.45, 7) is 1.90. The average Bonchev–Trinajstić information content (AvgIpc) is 3.26. The van der Waals surface area contributed by atoms with Gasteiger partial charge in [0, 0.05) is 48.2 Å². The van der Waals surface area contributed by atoms with Gasteiger partial charge >= 0.3 is 0 Å². The quantitative estimate of drug-likeness (QED) is 0.603. The Kier molecular flexibility index (Phi) is 5.49. The minimum Gasteiger partial charge on any atom is -0.358 e. The molecular formula is C26H29N3O2. The highest BCUT2D eigenvalue weighted by Crippen LogP contribution is 2.29. The molecule has 0 saturated carbocycles. The lowest BCUT2D eigenvalue weighted by molar-refractivity contribution is -0.128. The Morgan fingerprint density at radius 2 is 1.81 bits per heavy atom. The van der Waals surface area contributed by atoms with E-state index in [2.05, 4.69) is 10.3 Å². The van der Waals surface area contributed by atoms with Gasteiger partial charge in [-0.25, -0.2) is 0 Å². The zero-order valence-corrected chi connectivity index (χ0v) is 17.9. The average molecular weight is 416 g/mol. The first kappa shape index (κ1) is 19.9. The largest absolute Gasteiger partial charge is 0.358 e. The fraction of sp³-hybridized carbons (Fsp3) is 0.385. The third kappa shape index (κ3) is 4.09. The molecule has 160 valence electrons. The van der Waals surface area contributed by atoms with Crippen LogP contribution in [0.15, 0.2) is 42.5 Å². The van der Waals surface area contributed by atoms with Crippen LogP contribution in [-0.4, -0.2) is 28.2 Å². The maximum Gasteiger partial charge on any atom is 0.251 e. The molecule has 2 aliphatic rings. The Bertz CT molecular complexity index is 1130. The summed E-state index contributed by atoms with van der Waals surface area (Å²) >= 11 is 0. The molecule has 1 fully saturated rings. The number of aryl methyl sites for hydroxylation is 2. The van der Waals surface area contributed by atoms with Crippen LogP contribution in [0.4, 0.5) is 0 Å². The van der Waals surface area contributed by atoms with Crippen LogP contribution in [0.3, 0.4) is 0 Å². The van der Waals surface area contributed by atoms with Gasteiger partial charge < -0.3 is 15.2 Å². The normalized spacial score (nSPS) is 16.4. The number of likely N-dealkylation sites (tertiary alicyclic amines) is 1. The van der Waals surface area contributed by atoms with E-state index < -0.39 is 0 Å². The van der Waals surface area contributed by atoms with Crippen LogP contribution in [-0.2, 0) is 30.7 Å². The van der Waals surface area contributed by atoms with Crippen molar-refractivity contribution in [1.82, 2.24) is 15.2 Å². The molecule has 1 aromatic heterocycles. The summed E-state index contributed by atoms with van der Waals surface area (Å²) in [7, 11) is 0. The van der Waals surface area contributed by atoms with Crippen molar-refractivity contribution in [2.45, 2.75) is 58.0 Å². The third-order valence-electron chi connectivity index (χ3n) is 6.70. The second-order valence-electron chi connectivity index (χ2n) is 8.77. The fourth-order valence-corrected chi connectivity index (χ4v) is 4.96. The van der Waals surface area contributed by atoms with Crippen LogP contribution >= 0.6 is 0 Å². The predicted octanol–water partition coefficient (Wildman–Crippen LogP) is 4.49.